The van der Waals surface area contributed by atoms with Crippen molar-refractivity contribution in [3.8, 4) is 5.75 Å². The van der Waals surface area contributed by atoms with Gasteiger partial charge in [-0.3, -0.25) is 0 Å². The lowest BCUT2D eigenvalue weighted by Gasteiger charge is -2.23. The summed E-state index contributed by atoms with van der Waals surface area (Å²) in [5, 5.41) is 12.7. The molecule has 2 atom stereocenters. The van der Waals surface area contributed by atoms with E-state index >= 15 is 0 Å². The second-order valence-corrected chi connectivity index (χ2v) is 4.96. The first-order chi connectivity index (χ1) is 7.49. The van der Waals surface area contributed by atoms with E-state index in [2.05, 4.69) is 33.0 Å². The molecule has 0 amide bonds. The Hall–Kier alpha value is -1.02. The van der Waals surface area contributed by atoms with Crippen LogP contribution in [0.2, 0.25) is 0 Å². The summed E-state index contributed by atoms with van der Waals surface area (Å²) in [7, 11) is 0. The lowest BCUT2D eigenvalue weighted by atomic mass is 9.94. The number of hydrogen-bond acceptors (Lipinski definition) is 2. The Morgan fingerprint density at radius 3 is 2.12 bits per heavy atom. The van der Waals surface area contributed by atoms with Gasteiger partial charge in [-0.25, -0.2) is 0 Å². The molecule has 90 valence electrons. The molecule has 0 aromatic heterocycles. The molecule has 0 aliphatic carbocycles. The molecule has 0 bridgehead atoms. The van der Waals surface area contributed by atoms with Crippen LogP contribution in [0.25, 0.3) is 0 Å². The summed E-state index contributed by atoms with van der Waals surface area (Å²) in [6.45, 7) is 8.82. The normalized spacial score (nSPS) is 15.1. The maximum Gasteiger partial charge on any atom is 0.115 e. The minimum absolute atomic E-state index is 0.338. The predicted molar refractivity (Wildman–Crippen MR) is 68.7 cm³/mol. The number of phenols is 1. The highest BCUT2D eigenvalue weighted by atomic mass is 16.3. The predicted octanol–water partition coefficient (Wildman–Crippen LogP) is 2.96. The van der Waals surface area contributed by atoms with Crippen molar-refractivity contribution < 1.29 is 5.11 Å². The smallest absolute Gasteiger partial charge is 0.115 e. The van der Waals surface area contributed by atoms with Crippen molar-refractivity contribution in [3.05, 3.63) is 29.8 Å². The highest BCUT2D eigenvalue weighted by molar-refractivity contribution is 5.26. The topological polar surface area (TPSA) is 32.3 Å². The van der Waals surface area contributed by atoms with Gasteiger partial charge in [-0.15, -0.1) is 0 Å². The van der Waals surface area contributed by atoms with Crippen LogP contribution in [0, 0.1) is 5.92 Å². The zero-order chi connectivity index (χ0) is 12.1. The molecule has 0 heterocycles. The second kappa shape index (κ2) is 5.90. The third-order valence-corrected chi connectivity index (χ3v) is 2.94. The molecule has 2 unspecified atom stereocenters. The summed E-state index contributed by atoms with van der Waals surface area (Å²) in [5.41, 5.74) is 1.28. The molecule has 0 radical (unpaired) electrons. The monoisotopic (exact) mass is 221 g/mol. The van der Waals surface area contributed by atoms with Gasteiger partial charge < -0.3 is 10.4 Å². The molecule has 2 nitrogen and oxygen atoms in total. The number of rotatable bonds is 5. The van der Waals surface area contributed by atoms with Crippen LogP contribution < -0.4 is 5.32 Å². The number of phenolic OH excluding ortho intramolecular Hbond substituents is 1. The molecule has 1 aromatic rings. The van der Waals surface area contributed by atoms with Crippen LogP contribution >= 0.6 is 0 Å². The van der Waals surface area contributed by atoms with Crippen LogP contribution in [0.15, 0.2) is 24.3 Å². The fourth-order valence-electron chi connectivity index (χ4n) is 1.87. The van der Waals surface area contributed by atoms with Crippen molar-refractivity contribution >= 4 is 0 Å². The quantitative estimate of drug-likeness (QED) is 0.801. The Bertz CT molecular complexity index is 305. The van der Waals surface area contributed by atoms with E-state index < -0.39 is 0 Å². The minimum Gasteiger partial charge on any atom is -0.508 e. The summed E-state index contributed by atoms with van der Waals surface area (Å²) in [6.07, 6.45) is 1.04. The summed E-state index contributed by atoms with van der Waals surface area (Å²) in [4.78, 5) is 0. The van der Waals surface area contributed by atoms with E-state index in [-0.39, 0.29) is 0 Å². The third kappa shape index (κ3) is 4.23. The third-order valence-electron chi connectivity index (χ3n) is 2.94. The Morgan fingerprint density at radius 2 is 1.62 bits per heavy atom. The van der Waals surface area contributed by atoms with Gasteiger partial charge in [0.25, 0.3) is 0 Å². The van der Waals surface area contributed by atoms with Crippen LogP contribution in [-0.2, 0) is 6.42 Å². The highest BCUT2D eigenvalue weighted by Gasteiger charge is 2.13. The molecule has 0 spiro atoms. The lowest BCUT2D eigenvalue weighted by Crippen LogP contribution is -2.37. The number of benzene rings is 1. The molecular weight excluding hydrogens is 198 g/mol. The molecule has 1 rings (SSSR count). The average molecular weight is 221 g/mol. The first kappa shape index (κ1) is 13.0. The van der Waals surface area contributed by atoms with Gasteiger partial charge in [0.1, 0.15) is 5.75 Å². The van der Waals surface area contributed by atoms with Crippen LogP contribution in [0.3, 0.4) is 0 Å². The summed E-state index contributed by atoms with van der Waals surface area (Å²) in [5.74, 6) is 0.927. The Morgan fingerprint density at radius 1 is 1.06 bits per heavy atom. The van der Waals surface area contributed by atoms with Crippen LogP contribution in [0.5, 0.6) is 5.75 Å². The van der Waals surface area contributed by atoms with Crippen molar-refractivity contribution in [3.63, 3.8) is 0 Å². The standard InChI is InChI=1S/C14H23NO/c1-10(2)15-12(4)11(3)9-13-5-7-14(16)8-6-13/h5-8,10-12,15-16H,9H2,1-4H3. The van der Waals surface area contributed by atoms with Crippen molar-refractivity contribution in [1.29, 1.82) is 0 Å². The van der Waals surface area contributed by atoms with Crippen molar-refractivity contribution in [2.24, 2.45) is 5.92 Å². The molecule has 0 aliphatic rings. The Balaban J connectivity index is 2.50. The summed E-state index contributed by atoms with van der Waals surface area (Å²) >= 11 is 0. The molecule has 1 aromatic carbocycles. The molecule has 0 saturated carbocycles. The minimum atomic E-state index is 0.338. The maximum atomic E-state index is 9.21. The largest absolute Gasteiger partial charge is 0.508 e. The van der Waals surface area contributed by atoms with Gasteiger partial charge in [0.2, 0.25) is 0 Å². The highest BCUT2D eigenvalue weighted by Crippen LogP contribution is 2.15. The van der Waals surface area contributed by atoms with Gasteiger partial charge in [0, 0.05) is 12.1 Å². The van der Waals surface area contributed by atoms with E-state index in [0.717, 1.165) is 6.42 Å². The molecule has 2 N–H and O–H groups in total. The number of nitrogens with one attached hydrogen (secondary N) is 1. The molecule has 2 heteroatoms. The van der Waals surface area contributed by atoms with E-state index in [1.807, 2.05) is 12.1 Å². The van der Waals surface area contributed by atoms with Gasteiger partial charge in [-0.1, -0.05) is 32.9 Å². The Kier molecular flexibility index (Phi) is 4.81. The molecule has 0 saturated heterocycles. The molecule has 0 fully saturated rings. The van der Waals surface area contributed by atoms with Crippen molar-refractivity contribution in [2.75, 3.05) is 0 Å². The van der Waals surface area contributed by atoms with Crippen molar-refractivity contribution in [1.82, 2.24) is 5.32 Å². The van der Waals surface area contributed by atoms with Crippen LogP contribution in [-0.4, -0.2) is 17.2 Å². The van der Waals surface area contributed by atoms with E-state index in [1.54, 1.807) is 12.1 Å². The zero-order valence-corrected chi connectivity index (χ0v) is 10.7. The second-order valence-electron chi connectivity index (χ2n) is 4.96. The lowest BCUT2D eigenvalue weighted by molar-refractivity contribution is 0.372. The van der Waals surface area contributed by atoms with Crippen LogP contribution in [0.1, 0.15) is 33.3 Å². The Labute approximate surface area is 98.7 Å². The van der Waals surface area contributed by atoms with E-state index in [9.17, 15) is 5.11 Å². The SMILES string of the molecule is CC(C)NC(C)C(C)Cc1ccc(O)cc1. The summed E-state index contributed by atoms with van der Waals surface area (Å²) in [6, 6.07) is 8.53. The van der Waals surface area contributed by atoms with Gasteiger partial charge in [-0.2, -0.15) is 0 Å². The van der Waals surface area contributed by atoms with E-state index in [1.165, 1.54) is 5.56 Å². The summed E-state index contributed by atoms with van der Waals surface area (Å²) < 4.78 is 0. The van der Waals surface area contributed by atoms with Gasteiger partial charge in [-0.05, 0) is 37.0 Å². The zero-order valence-electron chi connectivity index (χ0n) is 10.7. The van der Waals surface area contributed by atoms with E-state index in [4.69, 9.17) is 0 Å². The molecular formula is C14H23NO. The fourth-order valence-corrected chi connectivity index (χ4v) is 1.87. The number of aromatic hydroxyl groups is 1. The van der Waals surface area contributed by atoms with Crippen molar-refractivity contribution in [2.45, 2.75) is 46.2 Å². The first-order valence-electron chi connectivity index (χ1n) is 6.03. The average Bonchev–Trinajstić information content (AvgIpc) is 2.20. The van der Waals surface area contributed by atoms with Gasteiger partial charge >= 0.3 is 0 Å². The molecule has 0 aliphatic heterocycles. The maximum absolute atomic E-state index is 9.21. The first-order valence-corrected chi connectivity index (χ1v) is 6.03. The van der Waals surface area contributed by atoms with Crippen LogP contribution in [0.4, 0.5) is 0 Å². The number of hydrogen-bond donors (Lipinski definition) is 2. The van der Waals surface area contributed by atoms with E-state index in [0.29, 0.717) is 23.8 Å². The molecule has 16 heavy (non-hydrogen) atoms. The van der Waals surface area contributed by atoms with Gasteiger partial charge in [0.15, 0.2) is 0 Å². The fraction of sp³-hybridized carbons (Fsp3) is 0.571. The van der Waals surface area contributed by atoms with Gasteiger partial charge in [0.05, 0.1) is 0 Å².